The lowest BCUT2D eigenvalue weighted by Crippen LogP contribution is -2.54. The monoisotopic (exact) mass is 268 g/mol. The summed E-state index contributed by atoms with van der Waals surface area (Å²) in [4.78, 5) is 0. The van der Waals surface area contributed by atoms with E-state index in [9.17, 15) is 15.3 Å². The van der Waals surface area contributed by atoms with Gasteiger partial charge in [-0.1, -0.05) is 25.5 Å². The summed E-state index contributed by atoms with van der Waals surface area (Å²) in [7, 11) is 0. The first-order chi connectivity index (χ1) is 8.77. The van der Waals surface area contributed by atoms with Gasteiger partial charge in [0.2, 0.25) is 0 Å². The van der Waals surface area contributed by atoms with Gasteiger partial charge >= 0.3 is 0 Å². The minimum atomic E-state index is -0.839. The third kappa shape index (κ3) is 1.49. The summed E-state index contributed by atoms with van der Waals surface area (Å²) in [6.07, 6.45) is 2.06. The molecule has 0 radical (unpaired) electrons. The Morgan fingerprint density at radius 1 is 1.26 bits per heavy atom. The first kappa shape index (κ1) is 13.6. The Morgan fingerprint density at radius 3 is 2.42 bits per heavy atom. The predicted molar refractivity (Wildman–Crippen MR) is 70.5 cm³/mol. The highest BCUT2D eigenvalue weighted by Gasteiger charge is 2.75. The van der Waals surface area contributed by atoms with Gasteiger partial charge in [0.15, 0.2) is 0 Å². The van der Waals surface area contributed by atoms with Gasteiger partial charge in [-0.2, -0.15) is 0 Å². The van der Waals surface area contributed by atoms with Crippen LogP contribution in [0.25, 0.3) is 0 Å². The van der Waals surface area contributed by atoms with Crippen molar-refractivity contribution in [1.29, 1.82) is 0 Å². The summed E-state index contributed by atoms with van der Waals surface area (Å²) >= 11 is 0. The van der Waals surface area contributed by atoms with Gasteiger partial charge in [-0.3, -0.25) is 0 Å². The number of allylic oxidation sites excluding steroid dienone is 1. The Morgan fingerprint density at radius 2 is 1.89 bits per heavy atom. The minimum Gasteiger partial charge on any atom is -0.390 e. The highest BCUT2D eigenvalue weighted by Crippen LogP contribution is 2.66. The molecule has 19 heavy (non-hydrogen) atoms. The summed E-state index contributed by atoms with van der Waals surface area (Å²) in [6.45, 7) is 6.63. The molecule has 1 heterocycles. The van der Waals surface area contributed by atoms with Gasteiger partial charge in [0.05, 0.1) is 18.8 Å². The zero-order valence-corrected chi connectivity index (χ0v) is 11.9. The molecule has 4 heteroatoms. The molecule has 3 N–H and O–H groups in total. The smallest absolute Gasteiger partial charge is 0.126 e. The van der Waals surface area contributed by atoms with Crippen LogP contribution in [0, 0.1) is 10.8 Å². The fourth-order valence-electron chi connectivity index (χ4n) is 4.37. The second-order valence-corrected chi connectivity index (χ2v) is 7.10. The topological polar surface area (TPSA) is 73.2 Å². The van der Waals surface area contributed by atoms with Gasteiger partial charge in [0.1, 0.15) is 11.7 Å². The maximum atomic E-state index is 10.6. The van der Waals surface area contributed by atoms with Crippen LogP contribution in [0.2, 0.25) is 0 Å². The molecule has 0 amide bonds. The van der Waals surface area contributed by atoms with Crippen molar-refractivity contribution in [3.8, 4) is 0 Å². The molecule has 0 aromatic heterocycles. The largest absolute Gasteiger partial charge is 0.390 e. The Kier molecular flexibility index (Phi) is 2.72. The zero-order valence-electron chi connectivity index (χ0n) is 11.9. The van der Waals surface area contributed by atoms with E-state index < -0.39 is 29.3 Å². The Labute approximate surface area is 114 Å². The van der Waals surface area contributed by atoms with Crippen LogP contribution in [0.15, 0.2) is 11.6 Å². The lowest BCUT2D eigenvalue weighted by molar-refractivity contribution is -0.0924. The minimum absolute atomic E-state index is 0.374. The molecule has 0 aromatic carbocycles. The van der Waals surface area contributed by atoms with E-state index in [0.717, 1.165) is 12.8 Å². The van der Waals surface area contributed by atoms with Gasteiger partial charge in [-0.15, -0.1) is 0 Å². The molecule has 1 aliphatic heterocycles. The van der Waals surface area contributed by atoms with Crippen LogP contribution < -0.4 is 0 Å². The van der Waals surface area contributed by atoms with Crippen LogP contribution in [0.3, 0.4) is 0 Å². The van der Waals surface area contributed by atoms with Gasteiger partial charge in [0, 0.05) is 10.8 Å². The number of rotatable bonds is 1. The van der Waals surface area contributed by atoms with Crippen LogP contribution in [-0.4, -0.2) is 45.8 Å². The number of hydrogen-bond donors (Lipinski definition) is 3. The molecule has 3 rings (SSSR count). The number of aliphatic hydroxyl groups is 3. The summed E-state index contributed by atoms with van der Waals surface area (Å²) in [6, 6.07) is 0. The van der Waals surface area contributed by atoms with Crippen molar-refractivity contribution in [3.05, 3.63) is 11.6 Å². The Balaban J connectivity index is 2.02. The average molecular weight is 268 g/mol. The van der Waals surface area contributed by atoms with E-state index in [2.05, 4.69) is 13.8 Å². The summed E-state index contributed by atoms with van der Waals surface area (Å²) < 4.78 is 5.61. The van der Waals surface area contributed by atoms with Crippen LogP contribution in [0.1, 0.15) is 40.0 Å². The number of ether oxygens (including phenoxy) is 1. The summed E-state index contributed by atoms with van der Waals surface area (Å²) in [5.74, 6) is 0. The summed E-state index contributed by atoms with van der Waals surface area (Å²) in [5.41, 5.74) is -0.239. The molecule has 0 aromatic rings. The molecular formula is C15H24O4. The summed E-state index contributed by atoms with van der Waals surface area (Å²) in [5, 5.41) is 30.9. The second-order valence-electron chi connectivity index (χ2n) is 7.10. The molecule has 3 aliphatic rings. The first-order valence-electron chi connectivity index (χ1n) is 7.12. The van der Waals surface area contributed by atoms with Crippen LogP contribution >= 0.6 is 0 Å². The molecule has 108 valence electrons. The average Bonchev–Trinajstić information content (AvgIpc) is 3.11. The first-order valence-corrected chi connectivity index (χ1v) is 7.12. The lowest BCUT2D eigenvalue weighted by atomic mass is 9.54. The number of epoxide rings is 1. The zero-order chi connectivity index (χ0) is 14.1. The fraction of sp³-hybridized carbons (Fsp3) is 0.867. The number of aliphatic hydroxyl groups excluding tert-OH is 3. The van der Waals surface area contributed by atoms with Gasteiger partial charge in [-0.05, 0) is 26.2 Å². The van der Waals surface area contributed by atoms with E-state index in [4.69, 9.17) is 4.74 Å². The van der Waals surface area contributed by atoms with Gasteiger partial charge < -0.3 is 20.1 Å². The Hall–Kier alpha value is -0.420. The van der Waals surface area contributed by atoms with E-state index in [1.165, 1.54) is 5.57 Å². The molecular weight excluding hydrogens is 244 g/mol. The molecule has 4 unspecified atom stereocenters. The van der Waals surface area contributed by atoms with E-state index in [0.29, 0.717) is 13.0 Å². The maximum absolute atomic E-state index is 10.6. The Bertz CT molecular complexity index is 428. The number of hydrogen-bond acceptors (Lipinski definition) is 4. The lowest BCUT2D eigenvalue weighted by Gasteiger charge is -2.51. The van der Waals surface area contributed by atoms with Crippen molar-refractivity contribution >= 4 is 0 Å². The van der Waals surface area contributed by atoms with Gasteiger partial charge in [-0.25, -0.2) is 0 Å². The van der Waals surface area contributed by atoms with Crippen molar-refractivity contribution in [3.63, 3.8) is 0 Å². The van der Waals surface area contributed by atoms with Gasteiger partial charge in [0.25, 0.3) is 0 Å². The third-order valence-electron chi connectivity index (χ3n) is 6.24. The highest BCUT2D eigenvalue weighted by atomic mass is 16.6. The van der Waals surface area contributed by atoms with Crippen LogP contribution in [0.4, 0.5) is 0 Å². The molecule has 4 nitrogen and oxygen atoms in total. The normalized spacial score (nSPS) is 57.4. The molecule has 1 saturated heterocycles. The second kappa shape index (κ2) is 3.82. The highest BCUT2D eigenvalue weighted by molar-refractivity contribution is 5.27. The standard InChI is InChI=1S/C15H24O4/c1-9-4-5-13(2,11(17)6-9)14(3)7-10(16)12(18)15(14)8-19-15/h6,10-12,16-18H,4-5,7-8H2,1-3H3/t10?,11?,12?,13-,14+,15?/m0/s1. The van der Waals surface area contributed by atoms with E-state index >= 15 is 0 Å². The maximum Gasteiger partial charge on any atom is 0.126 e. The molecule has 1 spiro atoms. The van der Waals surface area contributed by atoms with Crippen LogP contribution in [0.5, 0.6) is 0 Å². The molecule has 0 bridgehead atoms. The van der Waals surface area contributed by atoms with Crippen molar-refractivity contribution in [2.75, 3.05) is 6.61 Å². The van der Waals surface area contributed by atoms with E-state index in [1.807, 2.05) is 13.0 Å². The molecule has 2 fully saturated rings. The van der Waals surface area contributed by atoms with E-state index in [1.54, 1.807) is 0 Å². The van der Waals surface area contributed by atoms with Crippen molar-refractivity contribution in [2.24, 2.45) is 10.8 Å². The quantitative estimate of drug-likeness (QED) is 0.490. The van der Waals surface area contributed by atoms with Crippen molar-refractivity contribution in [2.45, 2.75) is 63.9 Å². The SMILES string of the molecule is CC1=CC(O)[C@@](C)([C@@]2(C)CC(O)C(O)C23CO3)CC1. The molecule has 1 saturated carbocycles. The molecule has 6 atom stereocenters. The van der Waals surface area contributed by atoms with Crippen molar-refractivity contribution in [1.82, 2.24) is 0 Å². The predicted octanol–water partition coefficient (Wildman–Crippen LogP) is 0.994. The fourth-order valence-corrected chi connectivity index (χ4v) is 4.37. The van der Waals surface area contributed by atoms with Crippen LogP contribution in [-0.2, 0) is 4.74 Å². The molecule has 2 aliphatic carbocycles. The van der Waals surface area contributed by atoms with E-state index in [-0.39, 0.29) is 5.41 Å². The third-order valence-corrected chi connectivity index (χ3v) is 6.24. The van der Waals surface area contributed by atoms with Crippen molar-refractivity contribution < 1.29 is 20.1 Å².